The van der Waals surface area contributed by atoms with E-state index in [4.69, 9.17) is 14.6 Å². The van der Waals surface area contributed by atoms with Crippen molar-refractivity contribution in [2.75, 3.05) is 20.3 Å². The number of rotatable bonds is 8. The summed E-state index contributed by atoms with van der Waals surface area (Å²) in [5.41, 5.74) is 1.12. The molecule has 8 heteroatoms. The van der Waals surface area contributed by atoms with Gasteiger partial charge in [-0.1, -0.05) is 0 Å². The van der Waals surface area contributed by atoms with E-state index in [1.165, 1.54) is 18.4 Å². The van der Waals surface area contributed by atoms with Gasteiger partial charge >= 0.3 is 5.97 Å². The lowest BCUT2D eigenvalue weighted by atomic mass is 10.2. The Morgan fingerprint density at radius 3 is 2.62 bits per heavy atom. The van der Waals surface area contributed by atoms with Crippen molar-refractivity contribution < 1.29 is 24.2 Å². The fourth-order valence-electron chi connectivity index (χ4n) is 1.92. The smallest absolute Gasteiger partial charge is 0.334 e. The first kappa shape index (κ1) is 17.9. The van der Waals surface area contributed by atoms with Crippen LogP contribution in [0.25, 0.3) is 10.6 Å². The molecule has 128 valence electrons. The zero-order chi connectivity index (χ0) is 17.5. The van der Waals surface area contributed by atoms with E-state index in [-0.39, 0.29) is 12.2 Å². The third-order valence-electron chi connectivity index (χ3n) is 3.16. The highest BCUT2D eigenvalue weighted by molar-refractivity contribution is 7.13. The molecule has 1 aromatic heterocycles. The summed E-state index contributed by atoms with van der Waals surface area (Å²) in [6.45, 7) is 2.39. The van der Waals surface area contributed by atoms with Crippen molar-refractivity contribution in [3.05, 3.63) is 35.3 Å². The maximum Gasteiger partial charge on any atom is 0.334 e. The average molecular weight is 350 g/mol. The Hall–Kier alpha value is -2.45. The van der Waals surface area contributed by atoms with Crippen molar-refractivity contribution in [2.24, 2.45) is 0 Å². The summed E-state index contributed by atoms with van der Waals surface area (Å²) in [6.07, 6.45) is -1.09. The van der Waals surface area contributed by atoms with Gasteiger partial charge < -0.3 is 19.9 Å². The summed E-state index contributed by atoms with van der Waals surface area (Å²) >= 11 is 1.34. The predicted molar refractivity (Wildman–Crippen MR) is 89.5 cm³/mol. The summed E-state index contributed by atoms with van der Waals surface area (Å²) in [6, 6.07) is 7.43. The quantitative estimate of drug-likeness (QED) is 0.756. The van der Waals surface area contributed by atoms with Crippen LogP contribution in [0.2, 0.25) is 0 Å². The van der Waals surface area contributed by atoms with Crippen LogP contribution in [-0.2, 0) is 9.53 Å². The van der Waals surface area contributed by atoms with Gasteiger partial charge in [-0.15, -0.1) is 11.3 Å². The summed E-state index contributed by atoms with van der Waals surface area (Å²) < 4.78 is 10.1. The summed E-state index contributed by atoms with van der Waals surface area (Å²) in [5.74, 6) is -0.798. The number of carboxylic acids is 1. The Balaban J connectivity index is 2.01. The van der Waals surface area contributed by atoms with Gasteiger partial charge in [-0.05, 0) is 31.2 Å². The van der Waals surface area contributed by atoms with Crippen LogP contribution in [0.1, 0.15) is 17.4 Å². The molecule has 7 nitrogen and oxygen atoms in total. The minimum atomic E-state index is -1.13. The highest BCUT2D eigenvalue weighted by Gasteiger charge is 2.19. The molecule has 1 heterocycles. The molecule has 0 aliphatic rings. The fourth-order valence-corrected chi connectivity index (χ4v) is 2.72. The van der Waals surface area contributed by atoms with E-state index in [0.29, 0.717) is 11.6 Å². The van der Waals surface area contributed by atoms with Crippen LogP contribution in [0, 0.1) is 0 Å². The molecule has 2 N–H and O–H groups in total. The highest BCUT2D eigenvalue weighted by atomic mass is 32.1. The number of benzene rings is 1. The molecule has 0 fully saturated rings. The Morgan fingerprint density at radius 2 is 2.04 bits per heavy atom. The number of aliphatic carboxylic acids is 1. The van der Waals surface area contributed by atoms with Crippen molar-refractivity contribution in [1.82, 2.24) is 10.3 Å². The van der Waals surface area contributed by atoms with Gasteiger partial charge in [0.2, 0.25) is 0 Å². The average Bonchev–Trinajstić information content (AvgIpc) is 3.06. The topological polar surface area (TPSA) is 97.8 Å². The molecule has 0 radical (unpaired) electrons. The van der Waals surface area contributed by atoms with Gasteiger partial charge in [-0.3, -0.25) is 4.79 Å². The molecule has 2 aromatic rings. The Labute approximate surface area is 143 Å². The van der Waals surface area contributed by atoms with Gasteiger partial charge in [0.25, 0.3) is 5.91 Å². The Bertz CT molecular complexity index is 699. The van der Waals surface area contributed by atoms with Crippen LogP contribution >= 0.6 is 11.3 Å². The summed E-state index contributed by atoms with van der Waals surface area (Å²) in [7, 11) is 1.28. The maximum absolute atomic E-state index is 12.0. The minimum absolute atomic E-state index is 0.124. The molecular weight excluding hydrogens is 332 g/mol. The van der Waals surface area contributed by atoms with Gasteiger partial charge in [-0.25, -0.2) is 9.78 Å². The number of nitrogens with zero attached hydrogens (tertiary/aromatic N) is 1. The number of carboxylic acid groups (broad SMARTS) is 1. The first-order valence-corrected chi connectivity index (χ1v) is 8.15. The number of aromatic nitrogens is 1. The lowest BCUT2D eigenvalue weighted by molar-refractivity contribution is -0.148. The second-order valence-electron chi connectivity index (χ2n) is 4.77. The van der Waals surface area contributed by atoms with Crippen LogP contribution in [0.3, 0.4) is 0 Å². The zero-order valence-corrected chi connectivity index (χ0v) is 14.1. The maximum atomic E-state index is 12.0. The standard InChI is InChI=1S/C16H18N2O5S/c1-3-23-11-6-4-10(5-7-11)15-18-12(9-24-15)14(19)17-8-13(22-2)16(20)21/h4-7,9,13H,3,8H2,1-2H3,(H,17,19)(H,20,21). The molecule has 24 heavy (non-hydrogen) atoms. The molecule has 1 unspecified atom stereocenters. The van der Waals surface area contributed by atoms with Crippen LogP contribution in [0.5, 0.6) is 5.75 Å². The predicted octanol–water partition coefficient (Wildman–Crippen LogP) is 2.04. The van der Waals surface area contributed by atoms with Crippen molar-refractivity contribution >= 4 is 23.2 Å². The van der Waals surface area contributed by atoms with Crippen molar-refractivity contribution in [3.63, 3.8) is 0 Å². The molecule has 0 spiro atoms. The van der Waals surface area contributed by atoms with E-state index in [1.54, 1.807) is 5.38 Å². The third-order valence-corrected chi connectivity index (χ3v) is 4.05. The van der Waals surface area contributed by atoms with Gasteiger partial charge in [-0.2, -0.15) is 0 Å². The number of nitrogens with one attached hydrogen (secondary N) is 1. The van der Waals surface area contributed by atoms with E-state index in [1.807, 2.05) is 31.2 Å². The molecule has 0 saturated heterocycles. The normalized spacial score (nSPS) is 11.8. The monoisotopic (exact) mass is 350 g/mol. The van der Waals surface area contributed by atoms with Crippen LogP contribution in [-0.4, -0.2) is 48.3 Å². The number of amides is 1. The zero-order valence-electron chi connectivity index (χ0n) is 13.3. The molecule has 0 saturated carbocycles. The number of ether oxygens (including phenoxy) is 2. The number of carbonyl (C=O) groups excluding carboxylic acids is 1. The molecule has 1 atom stereocenters. The second-order valence-corrected chi connectivity index (χ2v) is 5.63. The first-order valence-electron chi connectivity index (χ1n) is 7.27. The molecule has 2 rings (SSSR count). The van der Waals surface area contributed by atoms with Crippen LogP contribution < -0.4 is 10.1 Å². The number of hydrogen-bond donors (Lipinski definition) is 2. The first-order chi connectivity index (χ1) is 11.5. The van der Waals surface area contributed by atoms with Crippen molar-refractivity contribution in [3.8, 4) is 16.3 Å². The third kappa shape index (κ3) is 4.53. The molecule has 0 aliphatic carbocycles. The number of thiazole rings is 1. The SMILES string of the molecule is CCOc1ccc(-c2nc(C(=O)NCC(OC)C(=O)O)cs2)cc1. The fraction of sp³-hybridized carbons (Fsp3) is 0.312. The molecule has 1 aromatic carbocycles. The number of carbonyl (C=O) groups is 2. The van der Waals surface area contributed by atoms with E-state index in [2.05, 4.69) is 10.3 Å². The number of methoxy groups -OCH3 is 1. The Morgan fingerprint density at radius 1 is 1.33 bits per heavy atom. The number of hydrogen-bond acceptors (Lipinski definition) is 6. The summed E-state index contributed by atoms with van der Waals surface area (Å²) in [4.78, 5) is 27.2. The molecular formula is C16H18N2O5S. The lowest BCUT2D eigenvalue weighted by Crippen LogP contribution is -2.37. The van der Waals surface area contributed by atoms with Crippen LogP contribution in [0.4, 0.5) is 0 Å². The van der Waals surface area contributed by atoms with Crippen LogP contribution in [0.15, 0.2) is 29.6 Å². The van der Waals surface area contributed by atoms with E-state index >= 15 is 0 Å². The molecule has 0 aliphatic heterocycles. The Kier molecular flexibility index (Phi) is 6.28. The lowest BCUT2D eigenvalue weighted by Gasteiger charge is -2.10. The van der Waals surface area contributed by atoms with E-state index < -0.39 is 18.0 Å². The minimum Gasteiger partial charge on any atom is -0.494 e. The molecule has 0 bridgehead atoms. The highest BCUT2D eigenvalue weighted by Crippen LogP contribution is 2.25. The van der Waals surface area contributed by atoms with Crippen molar-refractivity contribution in [2.45, 2.75) is 13.0 Å². The van der Waals surface area contributed by atoms with Crippen molar-refractivity contribution in [1.29, 1.82) is 0 Å². The largest absolute Gasteiger partial charge is 0.494 e. The summed E-state index contributed by atoms with van der Waals surface area (Å²) in [5, 5.41) is 13.7. The molecule has 1 amide bonds. The van der Waals surface area contributed by atoms with Gasteiger partial charge in [0.05, 0.1) is 13.2 Å². The van der Waals surface area contributed by atoms with E-state index in [0.717, 1.165) is 11.3 Å². The van der Waals surface area contributed by atoms with Gasteiger partial charge in [0.15, 0.2) is 6.10 Å². The second kappa shape index (κ2) is 8.42. The van der Waals surface area contributed by atoms with Gasteiger partial charge in [0.1, 0.15) is 16.5 Å². The van der Waals surface area contributed by atoms with E-state index in [9.17, 15) is 9.59 Å². The van der Waals surface area contributed by atoms with Gasteiger partial charge in [0, 0.05) is 18.1 Å².